The van der Waals surface area contributed by atoms with Crippen molar-refractivity contribution in [3.63, 3.8) is 0 Å². The number of nitrogens with one attached hydrogen (secondary N) is 4. The number of halogens is 4. The van der Waals surface area contributed by atoms with E-state index in [2.05, 4.69) is 16.2 Å². The molecule has 0 bridgehead atoms. The van der Waals surface area contributed by atoms with Gasteiger partial charge in [-0.1, -0.05) is 29.8 Å². The second-order valence-electron chi connectivity index (χ2n) is 10.1. The Kier molecular flexibility index (Phi) is 14.3. The average Bonchev–Trinajstić information content (AvgIpc) is 2.99. The molecule has 0 aliphatic heterocycles. The number of amidine groups is 1. The molecule has 16 heteroatoms. The molecule has 0 fully saturated rings. The number of likely N-dealkylation sites (N-methyl/N-ethyl adjacent to an activating group) is 1. The van der Waals surface area contributed by atoms with Gasteiger partial charge in [-0.15, -0.1) is 0 Å². The van der Waals surface area contributed by atoms with Crippen molar-refractivity contribution in [1.29, 1.82) is 5.41 Å². The highest BCUT2D eigenvalue weighted by Gasteiger charge is 2.38. The van der Waals surface area contributed by atoms with E-state index in [1.54, 1.807) is 66.7 Å². The zero-order chi connectivity index (χ0) is 35.3. The van der Waals surface area contributed by atoms with Crippen LogP contribution in [0.1, 0.15) is 41.4 Å². The summed E-state index contributed by atoms with van der Waals surface area (Å²) in [6.45, 7) is 4.94. The molecule has 47 heavy (non-hydrogen) atoms. The third-order valence-corrected chi connectivity index (χ3v) is 6.31. The van der Waals surface area contributed by atoms with E-state index in [1.165, 1.54) is 0 Å². The molecule has 2 amide bonds. The van der Waals surface area contributed by atoms with Crippen LogP contribution in [0.5, 0.6) is 11.5 Å². The van der Waals surface area contributed by atoms with Gasteiger partial charge in [-0.2, -0.15) is 13.2 Å². The summed E-state index contributed by atoms with van der Waals surface area (Å²) in [4.78, 5) is 37.0. The normalized spacial score (nSPS) is 12.1. The maximum Gasteiger partial charge on any atom is 0.490 e. The molecule has 3 aromatic carbocycles. The molecule has 0 aliphatic rings. The predicted molar refractivity (Wildman–Crippen MR) is 171 cm³/mol. The first kappa shape index (κ1) is 38.2. The molecule has 2 unspecified atom stereocenters. The van der Waals surface area contributed by atoms with Crippen LogP contribution in [0, 0.1) is 5.41 Å². The molecule has 254 valence electrons. The van der Waals surface area contributed by atoms with Crippen molar-refractivity contribution < 1.29 is 42.1 Å². The molecule has 0 radical (unpaired) electrons. The fraction of sp³-hybridized carbons (Fsp3) is 0.290. The van der Waals surface area contributed by atoms with E-state index in [0.29, 0.717) is 41.5 Å². The highest BCUT2D eigenvalue weighted by molar-refractivity contribution is 6.33. The first-order valence-corrected chi connectivity index (χ1v) is 14.3. The number of carboxylic acids is 1. The summed E-state index contributed by atoms with van der Waals surface area (Å²) in [5.74, 6) is -2.88. The van der Waals surface area contributed by atoms with Gasteiger partial charge in [0.15, 0.2) is 11.5 Å². The number of carboxylic acid groups (broad SMARTS) is 1. The number of nitrogens with zero attached hydrogens (tertiary/aromatic N) is 1. The van der Waals surface area contributed by atoms with Gasteiger partial charge in [-0.25, -0.2) is 4.79 Å². The number of benzene rings is 3. The lowest BCUT2D eigenvalue weighted by molar-refractivity contribution is -0.192. The van der Waals surface area contributed by atoms with Crippen LogP contribution in [0.2, 0.25) is 5.02 Å². The van der Waals surface area contributed by atoms with Gasteiger partial charge in [0.25, 0.3) is 11.8 Å². The summed E-state index contributed by atoms with van der Waals surface area (Å²) in [7, 11) is 3.93. The van der Waals surface area contributed by atoms with Crippen LogP contribution in [0.15, 0.2) is 66.7 Å². The largest absolute Gasteiger partial charge is 0.490 e. The van der Waals surface area contributed by atoms with Gasteiger partial charge in [0.05, 0.1) is 17.2 Å². The summed E-state index contributed by atoms with van der Waals surface area (Å²) in [6, 6.07) is 17.6. The van der Waals surface area contributed by atoms with Gasteiger partial charge in [0.1, 0.15) is 18.0 Å². The van der Waals surface area contributed by atoms with E-state index < -0.39 is 30.0 Å². The van der Waals surface area contributed by atoms with E-state index in [9.17, 15) is 22.8 Å². The van der Waals surface area contributed by atoms with Crippen molar-refractivity contribution in [3.05, 3.63) is 88.4 Å². The number of anilines is 1. The Morgan fingerprint density at radius 1 is 1.02 bits per heavy atom. The molecule has 3 aromatic rings. The Morgan fingerprint density at radius 3 is 2.17 bits per heavy atom. The second kappa shape index (κ2) is 17.6. The number of carbonyl (C=O) groups is 3. The van der Waals surface area contributed by atoms with Crippen LogP contribution >= 0.6 is 11.6 Å². The summed E-state index contributed by atoms with van der Waals surface area (Å²) >= 11 is 6.12. The number of nitrogens with two attached hydrogens (primary N) is 1. The van der Waals surface area contributed by atoms with Crippen LogP contribution in [-0.2, 0) is 9.59 Å². The van der Waals surface area contributed by atoms with Crippen LogP contribution < -0.4 is 31.4 Å². The molecule has 0 aromatic heterocycles. The van der Waals surface area contributed by atoms with E-state index >= 15 is 0 Å². The fourth-order valence-corrected chi connectivity index (χ4v) is 4.18. The minimum Gasteiger partial charge on any atom is -0.490 e. The van der Waals surface area contributed by atoms with Gasteiger partial charge in [-0.3, -0.25) is 25.8 Å². The first-order chi connectivity index (χ1) is 22.0. The Labute approximate surface area is 274 Å². The topological polar surface area (TPSA) is 179 Å². The zero-order valence-electron chi connectivity index (χ0n) is 25.9. The standard InChI is InChI=1S/C29H35ClN6O4.C2HF3O2/c1-5-39-25-16-20(12-15-24(25)40-18(2)17-36(3)4)26(33-21-13-10-19(11-14-21)27(31)32)29(38)35-34-28(37)22-8-6-7-9-23(22)30;3-2(4,5)1(6)7/h6-16,18,26,33H,5,17H2,1-4H3,(H3,31,32)(H,34,37)(H,35,38);(H,6,7). The Hall–Kier alpha value is -5.02. The van der Waals surface area contributed by atoms with Crippen molar-refractivity contribution in [2.75, 3.05) is 32.6 Å². The van der Waals surface area contributed by atoms with Gasteiger partial charge < -0.3 is 30.5 Å². The van der Waals surface area contributed by atoms with Crippen LogP contribution in [-0.4, -0.2) is 73.2 Å². The van der Waals surface area contributed by atoms with E-state index in [0.717, 1.165) is 0 Å². The number of alkyl halides is 3. The molecule has 7 N–H and O–H groups in total. The molecule has 2 atom stereocenters. The molecule has 12 nitrogen and oxygen atoms in total. The predicted octanol–water partition coefficient (Wildman–Crippen LogP) is 4.60. The number of carbonyl (C=O) groups excluding carboxylic acids is 2. The van der Waals surface area contributed by atoms with Crippen molar-refractivity contribution in [1.82, 2.24) is 15.8 Å². The molecule has 0 spiro atoms. The number of nitrogen functional groups attached to an aromatic ring is 1. The molecular formula is C31H36ClF3N6O6. The van der Waals surface area contributed by atoms with Crippen molar-refractivity contribution >= 4 is 40.9 Å². The van der Waals surface area contributed by atoms with Gasteiger partial charge >= 0.3 is 12.1 Å². The third kappa shape index (κ3) is 12.4. The maximum absolute atomic E-state index is 13.4. The number of ether oxygens (including phenoxy) is 2. The zero-order valence-corrected chi connectivity index (χ0v) is 26.7. The van der Waals surface area contributed by atoms with Crippen LogP contribution in [0.4, 0.5) is 18.9 Å². The number of amides is 2. The van der Waals surface area contributed by atoms with Crippen molar-refractivity contribution in [2.45, 2.75) is 32.2 Å². The molecule has 0 saturated carbocycles. The van der Waals surface area contributed by atoms with Crippen molar-refractivity contribution in [2.24, 2.45) is 5.73 Å². The summed E-state index contributed by atoms with van der Waals surface area (Å²) in [5, 5.41) is 18.2. The summed E-state index contributed by atoms with van der Waals surface area (Å²) < 4.78 is 43.7. The molecule has 0 saturated heterocycles. The summed E-state index contributed by atoms with van der Waals surface area (Å²) in [5.41, 5.74) is 12.4. The molecular weight excluding hydrogens is 645 g/mol. The Balaban J connectivity index is 0.000000984. The first-order valence-electron chi connectivity index (χ1n) is 14.0. The number of rotatable bonds is 12. The van der Waals surface area contributed by atoms with E-state index in [1.807, 2.05) is 32.8 Å². The van der Waals surface area contributed by atoms with Crippen LogP contribution in [0.25, 0.3) is 0 Å². The monoisotopic (exact) mass is 680 g/mol. The summed E-state index contributed by atoms with van der Waals surface area (Å²) in [6.07, 6.45) is -5.18. The van der Waals surface area contributed by atoms with Gasteiger partial charge in [0, 0.05) is 17.8 Å². The fourth-order valence-electron chi connectivity index (χ4n) is 3.95. The maximum atomic E-state index is 13.4. The van der Waals surface area contributed by atoms with E-state index in [4.69, 9.17) is 42.1 Å². The van der Waals surface area contributed by atoms with Crippen molar-refractivity contribution in [3.8, 4) is 11.5 Å². The highest BCUT2D eigenvalue weighted by atomic mass is 35.5. The molecule has 0 aliphatic carbocycles. The van der Waals surface area contributed by atoms with E-state index in [-0.39, 0.29) is 22.5 Å². The molecule has 3 rings (SSSR count). The van der Waals surface area contributed by atoms with Gasteiger partial charge in [0.2, 0.25) is 0 Å². The number of hydrogen-bond donors (Lipinski definition) is 6. The minimum atomic E-state index is -5.08. The average molecular weight is 681 g/mol. The quantitative estimate of drug-likeness (QED) is 0.0906. The Bertz CT molecular complexity index is 1540. The molecule has 0 heterocycles. The smallest absolute Gasteiger partial charge is 0.490 e. The third-order valence-electron chi connectivity index (χ3n) is 5.98. The SMILES string of the molecule is CCOc1cc(C(Nc2ccc(C(=N)N)cc2)C(=O)NNC(=O)c2ccccc2Cl)ccc1OC(C)CN(C)C.O=C(O)C(F)(F)F. The lowest BCUT2D eigenvalue weighted by Gasteiger charge is -2.23. The lowest BCUT2D eigenvalue weighted by atomic mass is 10.0. The number of hydrogen-bond acceptors (Lipinski definition) is 8. The van der Waals surface area contributed by atoms with Gasteiger partial charge in [-0.05, 0) is 82.0 Å². The minimum absolute atomic E-state index is 0.0661. The lowest BCUT2D eigenvalue weighted by Crippen LogP contribution is -2.45. The highest BCUT2D eigenvalue weighted by Crippen LogP contribution is 2.33. The second-order valence-corrected chi connectivity index (χ2v) is 10.5. The number of hydrazine groups is 1. The Morgan fingerprint density at radius 2 is 1.64 bits per heavy atom. The number of aliphatic carboxylic acids is 1. The van der Waals surface area contributed by atoms with Crippen LogP contribution in [0.3, 0.4) is 0 Å².